The normalized spacial score (nSPS) is 11.8. The summed E-state index contributed by atoms with van der Waals surface area (Å²) in [5.74, 6) is 1.95. The zero-order valence-electron chi connectivity index (χ0n) is 24.8. The number of thiophene rings is 3. The zero-order chi connectivity index (χ0) is 31.0. The van der Waals surface area contributed by atoms with Crippen LogP contribution in [0.2, 0.25) is 0 Å². The number of rotatable bonds is 7. The van der Waals surface area contributed by atoms with Crippen molar-refractivity contribution in [2.75, 3.05) is 0 Å². The van der Waals surface area contributed by atoms with E-state index in [9.17, 15) is 0 Å². The Kier molecular flexibility index (Phi) is 7.42. The molecule has 0 aliphatic rings. The maximum Gasteiger partial charge on any atom is 0.164 e. The van der Waals surface area contributed by atoms with E-state index in [1.807, 2.05) is 97.1 Å². The molecule has 4 nitrogen and oxygen atoms in total. The molecule has 8 aromatic rings. The fraction of sp³-hybridized carbons (Fsp3) is 0.0256. The predicted molar refractivity (Wildman–Crippen MR) is 198 cm³/mol. The maximum absolute atomic E-state index is 4.96. The molecule has 0 N–H and O–H groups in total. The van der Waals surface area contributed by atoms with Crippen LogP contribution < -0.4 is 0 Å². The maximum atomic E-state index is 4.96. The van der Waals surface area contributed by atoms with Gasteiger partial charge in [0.2, 0.25) is 0 Å². The summed E-state index contributed by atoms with van der Waals surface area (Å²) in [7, 11) is 0. The van der Waals surface area contributed by atoms with E-state index in [1.54, 1.807) is 22.7 Å². The summed E-state index contributed by atoms with van der Waals surface area (Å²) < 4.78 is 2.60. The Morgan fingerprint density at radius 3 is 1.76 bits per heavy atom. The molecule has 0 unspecified atom stereocenters. The first kappa shape index (κ1) is 28.4. The Hall–Kier alpha value is -5.08. The molecule has 0 aliphatic heterocycles. The molecule has 0 fully saturated rings. The summed E-state index contributed by atoms with van der Waals surface area (Å²) in [5, 5.41) is 6.96. The lowest BCUT2D eigenvalue weighted by molar-refractivity contribution is 1.07. The average Bonchev–Trinajstić information content (AvgIpc) is 3.82. The Morgan fingerprint density at radius 1 is 0.587 bits per heavy atom. The van der Waals surface area contributed by atoms with Crippen LogP contribution in [0.15, 0.2) is 138 Å². The number of benzene rings is 4. The molecule has 8 rings (SSSR count). The van der Waals surface area contributed by atoms with Gasteiger partial charge in [-0.05, 0) is 24.1 Å². The van der Waals surface area contributed by atoms with Crippen LogP contribution in [0.1, 0.15) is 18.1 Å². The molecule has 0 aliphatic carbocycles. The first-order valence-corrected chi connectivity index (χ1v) is 17.4. The second-order valence-electron chi connectivity index (χ2n) is 10.9. The average molecular weight is 647 g/mol. The minimum absolute atomic E-state index is 0.645. The molecule has 4 aromatic carbocycles. The van der Waals surface area contributed by atoms with Crippen LogP contribution in [0.3, 0.4) is 0 Å². The largest absolute Gasteiger partial charge is 0.253 e. The van der Waals surface area contributed by atoms with E-state index in [2.05, 4.69) is 53.7 Å². The van der Waals surface area contributed by atoms with Crippen molar-refractivity contribution in [2.45, 2.75) is 6.92 Å². The highest BCUT2D eigenvalue weighted by Gasteiger charge is 2.20. The van der Waals surface area contributed by atoms with Gasteiger partial charge in [0.15, 0.2) is 17.5 Å². The van der Waals surface area contributed by atoms with Gasteiger partial charge in [-0.3, -0.25) is 4.99 Å². The SMILES string of the molecule is C=C(N=C(C)c1ccccc1)c1csc2sc3scc(-c4cccc(-c5nc(-c6ccccc6)nc(-c6ccccc6)n5)c4)c3c12. The van der Waals surface area contributed by atoms with Crippen LogP contribution in [-0.4, -0.2) is 20.7 Å². The van der Waals surface area contributed by atoms with Gasteiger partial charge in [0.1, 0.15) is 0 Å². The number of aliphatic imine (C=N–C) groups is 1. The molecule has 7 heteroatoms. The van der Waals surface area contributed by atoms with Crippen LogP contribution in [0.4, 0.5) is 0 Å². The van der Waals surface area contributed by atoms with Gasteiger partial charge in [-0.1, -0.05) is 116 Å². The summed E-state index contributed by atoms with van der Waals surface area (Å²) in [5.41, 5.74) is 9.10. The van der Waals surface area contributed by atoms with Crippen molar-refractivity contribution >= 4 is 64.2 Å². The number of hydrogen-bond acceptors (Lipinski definition) is 7. The van der Waals surface area contributed by atoms with Gasteiger partial charge in [0.25, 0.3) is 0 Å². The molecule has 0 bridgehead atoms. The highest BCUT2D eigenvalue weighted by atomic mass is 32.2. The first-order chi connectivity index (χ1) is 22.6. The molecule has 0 saturated heterocycles. The predicted octanol–water partition coefficient (Wildman–Crippen LogP) is 11.5. The smallest absolute Gasteiger partial charge is 0.164 e. The Labute approximate surface area is 278 Å². The topological polar surface area (TPSA) is 51.0 Å². The van der Waals surface area contributed by atoms with E-state index in [-0.39, 0.29) is 0 Å². The number of hydrogen-bond donors (Lipinski definition) is 0. The molecule has 4 aromatic heterocycles. The monoisotopic (exact) mass is 646 g/mol. The van der Waals surface area contributed by atoms with Gasteiger partial charge >= 0.3 is 0 Å². The van der Waals surface area contributed by atoms with Gasteiger partial charge in [0.05, 0.1) is 13.7 Å². The van der Waals surface area contributed by atoms with Crippen LogP contribution in [-0.2, 0) is 0 Å². The van der Waals surface area contributed by atoms with Crippen LogP contribution in [0.25, 0.3) is 69.8 Å². The third kappa shape index (κ3) is 5.28. The molecule has 0 saturated carbocycles. The van der Waals surface area contributed by atoms with E-state index in [0.717, 1.165) is 44.8 Å². The van der Waals surface area contributed by atoms with Crippen molar-refractivity contribution in [3.63, 3.8) is 0 Å². The quantitative estimate of drug-likeness (QED) is 0.162. The second-order valence-corrected chi connectivity index (χ2v) is 14.2. The minimum atomic E-state index is 0.645. The van der Waals surface area contributed by atoms with E-state index in [4.69, 9.17) is 19.9 Å². The summed E-state index contributed by atoms with van der Waals surface area (Å²) >= 11 is 5.40. The Bertz CT molecular complexity index is 2330. The Balaban J connectivity index is 1.23. The van der Waals surface area contributed by atoms with Crippen molar-refractivity contribution in [3.8, 4) is 45.3 Å². The van der Waals surface area contributed by atoms with E-state index < -0.39 is 0 Å². The first-order valence-electron chi connectivity index (χ1n) is 14.8. The molecule has 0 amide bonds. The van der Waals surface area contributed by atoms with Crippen LogP contribution in [0, 0.1) is 0 Å². The molecular formula is C39H26N4S3. The minimum Gasteiger partial charge on any atom is -0.253 e. The third-order valence-corrected chi connectivity index (χ3v) is 11.3. The lowest BCUT2D eigenvalue weighted by Gasteiger charge is -2.09. The number of fused-ring (bicyclic) bond motifs is 3. The summed E-state index contributed by atoms with van der Waals surface area (Å²) in [4.78, 5) is 19.7. The third-order valence-electron chi connectivity index (χ3n) is 7.89. The second kappa shape index (κ2) is 12.0. The number of aromatic nitrogens is 3. The van der Waals surface area contributed by atoms with Gasteiger partial charge in [-0.15, -0.1) is 34.0 Å². The highest BCUT2D eigenvalue weighted by Crippen LogP contribution is 2.49. The van der Waals surface area contributed by atoms with Gasteiger partial charge < -0.3 is 0 Å². The van der Waals surface area contributed by atoms with Crippen molar-refractivity contribution in [2.24, 2.45) is 4.99 Å². The van der Waals surface area contributed by atoms with Crippen molar-refractivity contribution in [1.82, 2.24) is 15.0 Å². The fourth-order valence-electron chi connectivity index (χ4n) is 5.58. The number of nitrogens with zero attached hydrogens (tertiary/aromatic N) is 4. The summed E-state index contributed by atoms with van der Waals surface area (Å²) in [6, 6.07) is 39.0. The lowest BCUT2D eigenvalue weighted by Crippen LogP contribution is -2.00. The van der Waals surface area contributed by atoms with E-state index in [0.29, 0.717) is 17.5 Å². The zero-order valence-corrected chi connectivity index (χ0v) is 27.3. The van der Waals surface area contributed by atoms with Gasteiger partial charge in [-0.2, -0.15) is 0 Å². The van der Waals surface area contributed by atoms with Crippen molar-refractivity contribution in [1.29, 1.82) is 0 Å². The van der Waals surface area contributed by atoms with Crippen molar-refractivity contribution < 1.29 is 0 Å². The molecule has 0 radical (unpaired) electrons. The molecule has 220 valence electrons. The van der Waals surface area contributed by atoms with Crippen molar-refractivity contribution in [3.05, 3.63) is 144 Å². The summed E-state index contributed by atoms with van der Waals surface area (Å²) in [6.07, 6.45) is 0. The molecule has 4 heterocycles. The van der Waals surface area contributed by atoms with E-state index in [1.165, 1.54) is 24.4 Å². The van der Waals surface area contributed by atoms with Gasteiger partial charge in [0, 0.05) is 55.1 Å². The van der Waals surface area contributed by atoms with Crippen LogP contribution in [0.5, 0.6) is 0 Å². The lowest BCUT2D eigenvalue weighted by atomic mass is 10.0. The Morgan fingerprint density at radius 2 is 1.11 bits per heavy atom. The standard InChI is InChI=1S/C39H26N4S3/c1-24(26-13-6-3-7-14-26)40-25(2)31-22-44-38-33(31)34-32(23-45-39(34)46-38)29-19-12-20-30(21-29)37-42-35(27-15-8-4-9-16-27)41-36(43-37)28-17-10-5-11-18-28/h3-23H,2H2,1H3. The fourth-order valence-corrected chi connectivity index (χ4v) is 9.33. The molecule has 0 spiro atoms. The summed E-state index contributed by atoms with van der Waals surface area (Å²) in [6.45, 7) is 6.45. The van der Waals surface area contributed by atoms with Crippen LogP contribution >= 0.6 is 34.0 Å². The molecular weight excluding hydrogens is 621 g/mol. The molecule has 46 heavy (non-hydrogen) atoms. The highest BCUT2D eigenvalue weighted by molar-refractivity contribution is 7.48. The molecule has 0 atom stereocenters. The van der Waals surface area contributed by atoms with E-state index >= 15 is 0 Å². The van der Waals surface area contributed by atoms with Gasteiger partial charge in [-0.25, -0.2) is 15.0 Å².